The lowest BCUT2D eigenvalue weighted by atomic mass is 10.1. The lowest BCUT2D eigenvalue weighted by Gasteiger charge is -2.12. The summed E-state index contributed by atoms with van der Waals surface area (Å²) < 4.78 is 39.2. The molecule has 0 fully saturated rings. The number of nitrogens with two attached hydrogens (primary N) is 1. The van der Waals surface area contributed by atoms with Crippen molar-refractivity contribution in [1.29, 1.82) is 0 Å². The Morgan fingerprint density at radius 1 is 1.22 bits per heavy atom. The Kier molecular flexibility index (Phi) is 2.80. The molecule has 6 heteroatoms. The van der Waals surface area contributed by atoms with E-state index in [0.717, 1.165) is 23.5 Å². The minimum absolute atomic E-state index is 0.0744. The van der Waals surface area contributed by atoms with E-state index in [1.165, 1.54) is 6.07 Å². The topological polar surface area (TPSA) is 43.8 Å². The van der Waals surface area contributed by atoms with Crippen molar-refractivity contribution in [2.24, 2.45) is 0 Å². The number of nitrogen functional groups attached to an aromatic ring is 1. The number of benzene rings is 1. The van der Waals surface area contributed by atoms with Crippen LogP contribution in [-0.4, -0.2) is 9.55 Å². The molecule has 0 aliphatic rings. The second-order valence-electron chi connectivity index (χ2n) is 4.06. The Morgan fingerprint density at radius 2 is 1.89 bits per heavy atom. The number of aromatic nitrogens is 2. The van der Waals surface area contributed by atoms with Crippen molar-refractivity contribution in [3.63, 3.8) is 0 Å². The summed E-state index contributed by atoms with van der Waals surface area (Å²) in [4.78, 5) is 4.09. The highest BCUT2D eigenvalue weighted by molar-refractivity contribution is 5.60. The number of nitrogens with zero attached hydrogens (tertiary/aromatic N) is 2. The van der Waals surface area contributed by atoms with Crippen LogP contribution in [0.25, 0.3) is 5.69 Å². The molecule has 1 aromatic heterocycles. The summed E-state index contributed by atoms with van der Waals surface area (Å²) in [5.74, 6) is 0. The molecule has 0 spiro atoms. The summed E-state index contributed by atoms with van der Waals surface area (Å²) in [5.41, 5.74) is 7.17. The number of hydrogen-bond acceptors (Lipinski definition) is 2. The van der Waals surface area contributed by atoms with E-state index < -0.39 is 11.7 Å². The van der Waals surface area contributed by atoms with Gasteiger partial charge in [0.25, 0.3) is 0 Å². The van der Waals surface area contributed by atoms with E-state index in [0.29, 0.717) is 5.69 Å². The molecule has 2 aromatic rings. The van der Waals surface area contributed by atoms with Crippen LogP contribution in [0.4, 0.5) is 18.9 Å². The second kappa shape index (κ2) is 4.04. The van der Waals surface area contributed by atoms with Gasteiger partial charge in [-0.15, -0.1) is 0 Å². The molecule has 0 aliphatic carbocycles. The maximum atomic E-state index is 12.5. The molecule has 0 atom stereocenters. The van der Waals surface area contributed by atoms with Crippen molar-refractivity contribution in [2.75, 3.05) is 5.73 Å². The summed E-state index contributed by atoms with van der Waals surface area (Å²) in [5, 5.41) is 0. The standard InChI is InChI=1S/C12H12F3N3/c1-7-8(2)18(6-17-7)11-4-3-9(5-10(11)16)12(13,14)15/h3-6H,16H2,1-2H3. The Labute approximate surface area is 102 Å². The zero-order valence-electron chi connectivity index (χ0n) is 9.92. The molecular weight excluding hydrogens is 243 g/mol. The third kappa shape index (κ3) is 2.05. The lowest BCUT2D eigenvalue weighted by Crippen LogP contribution is -2.08. The number of rotatable bonds is 1. The van der Waals surface area contributed by atoms with E-state index in [1.54, 1.807) is 10.9 Å². The molecule has 0 unspecified atom stereocenters. The van der Waals surface area contributed by atoms with Gasteiger partial charge in [-0.1, -0.05) is 0 Å². The van der Waals surface area contributed by atoms with Crippen molar-refractivity contribution in [3.8, 4) is 5.69 Å². The van der Waals surface area contributed by atoms with Crippen molar-refractivity contribution in [3.05, 3.63) is 41.5 Å². The minimum atomic E-state index is -4.38. The molecule has 96 valence electrons. The van der Waals surface area contributed by atoms with Crippen LogP contribution in [0, 0.1) is 13.8 Å². The van der Waals surface area contributed by atoms with E-state index in [1.807, 2.05) is 13.8 Å². The normalized spacial score (nSPS) is 11.8. The van der Waals surface area contributed by atoms with Crippen LogP contribution in [0.1, 0.15) is 17.0 Å². The molecule has 2 rings (SSSR count). The van der Waals surface area contributed by atoms with Gasteiger partial charge in [0.05, 0.1) is 29.0 Å². The number of hydrogen-bond donors (Lipinski definition) is 1. The zero-order valence-corrected chi connectivity index (χ0v) is 9.92. The third-order valence-corrected chi connectivity index (χ3v) is 2.87. The number of imidazole rings is 1. The van der Waals surface area contributed by atoms with Gasteiger partial charge in [0, 0.05) is 5.69 Å². The maximum absolute atomic E-state index is 12.5. The average Bonchev–Trinajstić information content (AvgIpc) is 2.59. The van der Waals surface area contributed by atoms with Gasteiger partial charge in [0.1, 0.15) is 0 Å². The minimum Gasteiger partial charge on any atom is -0.397 e. The first-order valence-electron chi connectivity index (χ1n) is 5.28. The number of aryl methyl sites for hydroxylation is 1. The Bertz CT molecular complexity index is 585. The van der Waals surface area contributed by atoms with E-state index in [2.05, 4.69) is 4.98 Å². The van der Waals surface area contributed by atoms with Gasteiger partial charge >= 0.3 is 6.18 Å². The first kappa shape index (κ1) is 12.5. The summed E-state index contributed by atoms with van der Waals surface area (Å²) >= 11 is 0. The van der Waals surface area contributed by atoms with Gasteiger partial charge in [-0.3, -0.25) is 0 Å². The number of alkyl halides is 3. The fraction of sp³-hybridized carbons (Fsp3) is 0.250. The molecule has 0 aliphatic heterocycles. The van der Waals surface area contributed by atoms with Gasteiger partial charge < -0.3 is 10.3 Å². The second-order valence-corrected chi connectivity index (χ2v) is 4.06. The number of anilines is 1. The van der Waals surface area contributed by atoms with Crippen LogP contribution in [-0.2, 0) is 6.18 Å². The molecule has 18 heavy (non-hydrogen) atoms. The van der Waals surface area contributed by atoms with Gasteiger partial charge in [-0.25, -0.2) is 4.98 Å². The molecule has 1 heterocycles. The largest absolute Gasteiger partial charge is 0.416 e. The molecule has 0 saturated carbocycles. The SMILES string of the molecule is Cc1ncn(-c2ccc(C(F)(F)F)cc2N)c1C. The van der Waals surface area contributed by atoms with Gasteiger partial charge in [-0.2, -0.15) is 13.2 Å². The molecule has 0 bridgehead atoms. The Morgan fingerprint density at radius 3 is 2.33 bits per heavy atom. The van der Waals surface area contributed by atoms with Crippen LogP contribution >= 0.6 is 0 Å². The van der Waals surface area contributed by atoms with Crippen LogP contribution in [0.15, 0.2) is 24.5 Å². The molecule has 3 nitrogen and oxygen atoms in total. The first-order valence-corrected chi connectivity index (χ1v) is 5.28. The fourth-order valence-corrected chi connectivity index (χ4v) is 1.69. The van der Waals surface area contributed by atoms with Crippen molar-refractivity contribution < 1.29 is 13.2 Å². The van der Waals surface area contributed by atoms with Gasteiger partial charge in [0.2, 0.25) is 0 Å². The van der Waals surface area contributed by atoms with Crippen LogP contribution in [0.3, 0.4) is 0 Å². The first-order chi connectivity index (χ1) is 8.30. The zero-order chi connectivity index (χ0) is 13.5. The van der Waals surface area contributed by atoms with Crippen molar-refractivity contribution in [1.82, 2.24) is 9.55 Å². The quantitative estimate of drug-likeness (QED) is 0.796. The van der Waals surface area contributed by atoms with Crippen molar-refractivity contribution >= 4 is 5.69 Å². The number of halogens is 3. The smallest absolute Gasteiger partial charge is 0.397 e. The van der Waals surface area contributed by atoms with Crippen LogP contribution in [0.2, 0.25) is 0 Å². The highest BCUT2D eigenvalue weighted by Crippen LogP contribution is 2.32. The van der Waals surface area contributed by atoms with E-state index in [4.69, 9.17) is 5.73 Å². The molecule has 0 saturated heterocycles. The van der Waals surface area contributed by atoms with Gasteiger partial charge in [-0.05, 0) is 32.0 Å². The average molecular weight is 255 g/mol. The predicted molar refractivity (Wildman–Crippen MR) is 62.5 cm³/mol. The maximum Gasteiger partial charge on any atom is 0.416 e. The monoisotopic (exact) mass is 255 g/mol. The summed E-state index contributed by atoms with van der Waals surface area (Å²) in [7, 11) is 0. The lowest BCUT2D eigenvalue weighted by molar-refractivity contribution is -0.137. The van der Waals surface area contributed by atoms with E-state index in [9.17, 15) is 13.2 Å². The predicted octanol–water partition coefficient (Wildman–Crippen LogP) is 3.09. The fourth-order valence-electron chi connectivity index (χ4n) is 1.69. The van der Waals surface area contributed by atoms with E-state index >= 15 is 0 Å². The van der Waals surface area contributed by atoms with Crippen LogP contribution < -0.4 is 5.73 Å². The molecule has 2 N–H and O–H groups in total. The van der Waals surface area contributed by atoms with Crippen LogP contribution in [0.5, 0.6) is 0 Å². The summed E-state index contributed by atoms with van der Waals surface area (Å²) in [6, 6.07) is 3.30. The highest BCUT2D eigenvalue weighted by Gasteiger charge is 2.30. The molecule has 0 radical (unpaired) electrons. The third-order valence-electron chi connectivity index (χ3n) is 2.87. The highest BCUT2D eigenvalue weighted by atomic mass is 19.4. The Balaban J connectivity index is 2.52. The molecule has 0 amide bonds. The summed E-state index contributed by atoms with van der Waals surface area (Å²) in [6.07, 6.45) is -2.84. The van der Waals surface area contributed by atoms with Gasteiger partial charge in [0.15, 0.2) is 0 Å². The van der Waals surface area contributed by atoms with Crippen molar-refractivity contribution in [2.45, 2.75) is 20.0 Å². The van der Waals surface area contributed by atoms with E-state index in [-0.39, 0.29) is 5.69 Å². The molecule has 1 aromatic carbocycles. The summed E-state index contributed by atoms with van der Waals surface area (Å²) in [6.45, 7) is 3.66. The molecular formula is C12H12F3N3. The Hall–Kier alpha value is -1.98.